The summed E-state index contributed by atoms with van der Waals surface area (Å²) < 4.78 is 5.30. The van der Waals surface area contributed by atoms with Crippen LogP contribution in [0.5, 0.6) is 0 Å². The van der Waals surface area contributed by atoms with Gasteiger partial charge in [-0.05, 0) is 49.2 Å². The van der Waals surface area contributed by atoms with Crippen molar-refractivity contribution in [2.75, 3.05) is 20.6 Å². The van der Waals surface area contributed by atoms with E-state index in [1.807, 2.05) is 48.5 Å². The second-order valence-electron chi connectivity index (χ2n) is 9.95. The highest BCUT2D eigenvalue weighted by Crippen LogP contribution is 2.18. The number of ether oxygens (including phenoxy) is 1. The molecule has 0 aromatic heterocycles. The number of rotatable bonds is 11. The van der Waals surface area contributed by atoms with Gasteiger partial charge in [0.25, 0.3) is 0 Å². The Morgan fingerprint density at radius 1 is 0.892 bits per heavy atom. The molecule has 0 saturated heterocycles. The molecular formula is C30H37N3O4. The van der Waals surface area contributed by atoms with E-state index in [0.717, 1.165) is 21.9 Å². The van der Waals surface area contributed by atoms with Crippen molar-refractivity contribution in [3.05, 3.63) is 83.9 Å². The van der Waals surface area contributed by atoms with Crippen LogP contribution in [0.3, 0.4) is 0 Å². The van der Waals surface area contributed by atoms with E-state index >= 15 is 0 Å². The summed E-state index contributed by atoms with van der Waals surface area (Å²) in [5.41, 5.74) is 1.11. The average Bonchev–Trinajstić information content (AvgIpc) is 2.88. The summed E-state index contributed by atoms with van der Waals surface area (Å²) in [5, 5.41) is 8.28. The number of benzene rings is 3. The molecular weight excluding hydrogens is 466 g/mol. The number of hydrogen-bond acceptors (Lipinski definition) is 5. The summed E-state index contributed by atoms with van der Waals surface area (Å²) in [7, 11) is 3.42. The van der Waals surface area contributed by atoms with Gasteiger partial charge >= 0.3 is 5.97 Å². The van der Waals surface area contributed by atoms with Crippen molar-refractivity contribution in [2.45, 2.75) is 51.3 Å². The third-order valence-corrected chi connectivity index (χ3v) is 6.40. The van der Waals surface area contributed by atoms with Crippen LogP contribution in [0.25, 0.3) is 10.8 Å². The number of esters is 1. The lowest BCUT2D eigenvalue weighted by Crippen LogP contribution is -2.55. The molecule has 0 heterocycles. The van der Waals surface area contributed by atoms with Gasteiger partial charge in [-0.25, -0.2) is 0 Å². The Hall–Kier alpha value is -3.71. The molecule has 0 aliphatic heterocycles. The van der Waals surface area contributed by atoms with Crippen LogP contribution < -0.4 is 10.6 Å². The lowest BCUT2D eigenvalue weighted by Gasteiger charge is -2.32. The van der Waals surface area contributed by atoms with Gasteiger partial charge in [-0.15, -0.1) is 0 Å². The highest BCUT2D eigenvalue weighted by atomic mass is 16.6. The van der Waals surface area contributed by atoms with Gasteiger partial charge in [0.1, 0.15) is 11.6 Å². The highest BCUT2D eigenvalue weighted by molar-refractivity contribution is 5.90. The minimum absolute atomic E-state index is 0.130. The van der Waals surface area contributed by atoms with Gasteiger partial charge in [0.15, 0.2) is 0 Å². The molecule has 7 nitrogen and oxygen atoms in total. The summed E-state index contributed by atoms with van der Waals surface area (Å²) in [6.07, 6.45) is 0.846. The van der Waals surface area contributed by atoms with E-state index in [4.69, 9.17) is 4.74 Å². The Bertz CT molecular complexity index is 1230. The molecule has 0 saturated carbocycles. The molecule has 0 aliphatic rings. The van der Waals surface area contributed by atoms with Crippen LogP contribution in [-0.2, 0) is 32.0 Å². The van der Waals surface area contributed by atoms with E-state index in [9.17, 15) is 14.4 Å². The number of carbonyl (C=O) groups is 3. The topological polar surface area (TPSA) is 87.7 Å². The van der Waals surface area contributed by atoms with Crippen LogP contribution in [0.1, 0.15) is 31.9 Å². The maximum Gasteiger partial charge on any atom is 0.303 e. The van der Waals surface area contributed by atoms with Crippen LogP contribution in [0.15, 0.2) is 72.8 Å². The van der Waals surface area contributed by atoms with Gasteiger partial charge < -0.3 is 20.3 Å². The maximum absolute atomic E-state index is 13.6. The number of amides is 2. The van der Waals surface area contributed by atoms with Gasteiger partial charge in [-0.1, -0.05) is 72.8 Å². The minimum atomic E-state index is -0.870. The molecule has 0 radical (unpaired) electrons. The summed E-state index contributed by atoms with van der Waals surface area (Å²) in [4.78, 5) is 39.9. The predicted molar refractivity (Wildman–Crippen MR) is 146 cm³/mol. The Kier molecular flexibility index (Phi) is 9.42. The maximum atomic E-state index is 13.6. The SMILES string of the molecule is CN[C@H](Cc1ccc2ccccc2c1)C(=O)N(C)[C@H](Cc1ccccc1)C(=O)NCC(C)(C)OC(C)=O. The van der Waals surface area contributed by atoms with Gasteiger partial charge in [0.05, 0.1) is 12.6 Å². The first-order chi connectivity index (χ1) is 17.6. The summed E-state index contributed by atoms with van der Waals surface area (Å²) in [6, 6.07) is 22.7. The number of fused-ring (bicyclic) bond motifs is 1. The van der Waals surface area contributed by atoms with E-state index in [-0.39, 0.29) is 18.4 Å². The predicted octanol–water partition coefficient (Wildman–Crippen LogP) is 3.50. The van der Waals surface area contributed by atoms with E-state index in [0.29, 0.717) is 12.8 Å². The fraction of sp³-hybridized carbons (Fsp3) is 0.367. The van der Waals surface area contributed by atoms with Crippen molar-refractivity contribution < 1.29 is 19.1 Å². The number of likely N-dealkylation sites (N-methyl/N-ethyl adjacent to an activating group) is 2. The molecule has 7 heteroatoms. The second-order valence-corrected chi connectivity index (χ2v) is 9.95. The summed E-state index contributed by atoms with van der Waals surface area (Å²) in [5.74, 6) is -0.899. The first kappa shape index (κ1) is 27.9. The van der Waals surface area contributed by atoms with Crippen LogP contribution >= 0.6 is 0 Å². The largest absolute Gasteiger partial charge is 0.458 e. The molecule has 2 N–H and O–H groups in total. The molecule has 37 heavy (non-hydrogen) atoms. The van der Waals surface area contributed by atoms with Crippen LogP contribution in [0, 0.1) is 0 Å². The van der Waals surface area contributed by atoms with E-state index in [1.54, 1.807) is 27.9 Å². The Morgan fingerprint density at radius 2 is 1.54 bits per heavy atom. The lowest BCUT2D eigenvalue weighted by molar-refractivity contribution is -0.154. The van der Waals surface area contributed by atoms with Crippen molar-refractivity contribution in [1.29, 1.82) is 0 Å². The quantitative estimate of drug-likeness (QED) is 0.391. The fourth-order valence-corrected chi connectivity index (χ4v) is 4.40. The third kappa shape index (κ3) is 7.89. The number of nitrogens with one attached hydrogen (secondary N) is 2. The Morgan fingerprint density at radius 3 is 2.19 bits per heavy atom. The molecule has 3 aromatic carbocycles. The molecule has 0 fully saturated rings. The van der Waals surface area contributed by atoms with Gasteiger partial charge in [0.2, 0.25) is 11.8 Å². The second kappa shape index (κ2) is 12.5. The minimum Gasteiger partial charge on any atom is -0.458 e. The monoisotopic (exact) mass is 503 g/mol. The van der Waals surface area contributed by atoms with E-state index < -0.39 is 23.7 Å². The van der Waals surface area contributed by atoms with Crippen LogP contribution in [0.4, 0.5) is 0 Å². The normalized spacial score (nSPS) is 13.0. The first-order valence-electron chi connectivity index (χ1n) is 12.5. The lowest BCUT2D eigenvalue weighted by atomic mass is 9.99. The zero-order valence-corrected chi connectivity index (χ0v) is 22.3. The summed E-state index contributed by atoms with van der Waals surface area (Å²) >= 11 is 0. The average molecular weight is 504 g/mol. The zero-order valence-electron chi connectivity index (χ0n) is 22.3. The number of carbonyl (C=O) groups excluding carboxylic acids is 3. The van der Waals surface area contributed by atoms with E-state index in [2.05, 4.69) is 34.9 Å². The number of nitrogens with zero attached hydrogens (tertiary/aromatic N) is 1. The molecule has 0 aliphatic carbocycles. The molecule has 196 valence electrons. The molecule has 0 spiro atoms. The smallest absolute Gasteiger partial charge is 0.303 e. The molecule has 2 atom stereocenters. The van der Waals surface area contributed by atoms with Crippen molar-refractivity contribution >= 4 is 28.6 Å². The zero-order chi connectivity index (χ0) is 27.0. The fourth-order valence-electron chi connectivity index (χ4n) is 4.40. The van der Waals surface area contributed by atoms with Crippen LogP contribution in [0.2, 0.25) is 0 Å². The molecule has 0 unspecified atom stereocenters. The van der Waals surface area contributed by atoms with E-state index in [1.165, 1.54) is 11.8 Å². The molecule has 2 amide bonds. The standard InChI is InChI=1S/C30H37N3O4/c1-21(34)37-30(2,3)20-32-28(35)27(19-22-11-7-6-8-12-22)33(5)29(36)26(31-4)18-23-15-16-24-13-9-10-14-25(24)17-23/h6-17,26-27,31H,18-20H2,1-5H3,(H,32,35)/t26-,27-/m1/s1. The molecule has 3 rings (SSSR count). The van der Waals surface area contributed by atoms with Crippen molar-refractivity contribution in [2.24, 2.45) is 0 Å². The van der Waals surface area contributed by atoms with Gasteiger partial charge in [-0.2, -0.15) is 0 Å². The van der Waals surface area contributed by atoms with Crippen LogP contribution in [-0.4, -0.2) is 61.0 Å². The molecule has 3 aromatic rings. The van der Waals surface area contributed by atoms with Gasteiger partial charge in [-0.3, -0.25) is 14.4 Å². The van der Waals surface area contributed by atoms with Gasteiger partial charge in [0, 0.05) is 20.4 Å². The third-order valence-electron chi connectivity index (χ3n) is 6.40. The van der Waals surface area contributed by atoms with Crippen molar-refractivity contribution in [3.8, 4) is 0 Å². The first-order valence-corrected chi connectivity index (χ1v) is 12.5. The number of hydrogen-bond donors (Lipinski definition) is 2. The Labute approximate surface area is 219 Å². The molecule has 0 bridgehead atoms. The van der Waals surface area contributed by atoms with Crippen molar-refractivity contribution in [3.63, 3.8) is 0 Å². The van der Waals surface area contributed by atoms with Crippen molar-refractivity contribution in [1.82, 2.24) is 15.5 Å². The Balaban J connectivity index is 1.78. The summed E-state index contributed by atoms with van der Waals surface area (Å²) in [6.45, 7) is 4.93. The highest BCUT2D eigenvalue weighted by Gasteiger charge is 2.32.